The molecule has 1 aliphatic rings. The Hall–Kier alpha value is -1.99. The Morgan fingerprint density at radius 2 is 1.68 bits per heavy atom. The molecule has 0 saturated heterocycles. The third kappa shape index (κ3) is 7.89. The highest BCUT2D eigenvalue weighted by Crippen LogP contribution is 2.31. The van der Waals surface area contributed by atoms with E-state index in [1.54, 1.807) is 14.2 Å². The van der Waals surface area contributed by atoms with Crippen LogP contribution in [0, 0.1) is 11.3 Å². The summed E-state index contributed by atoms with van der Waals surface area (Å²) in [6.45, 7) is 6.66. The van der Waals surface area contributed by atoms with Crippen LogP contribution in [-0.2, 0) is 6.54 Å². The van der Waals surface area contributed by atoms with Crippen molar-refractivity contribution in [1.29, 1.82) is 0 Å². The molecular formula is C24H40N2O5. The van der Waals surface area contributed by atoms with Crippen molar-refractivity contribution in [2.45, 2.75) is 84.0 Å². The van der Waals surface area contributed by atoms with E-state index in [2.05, 4.69) is 31.4 Å². The van der Waals surface area contributed by atoms with E-state index in [0.29, 0.717) is 30.4 Å². The number of amides is 1. The van der Waals surface area contributed by atoms with Crippen molar-refractivity contribution in [3.8, 4) is 11.5 Å². The van der Waals surface area contributed by atoms with Gasteiger partial charge in [-0.3, -0.25) is 0 Å². The molecule has 0 aliphatic heterocycles. The van der Waals surface area contributed by atoms with Gasteiger partial charge in [-0.2, -0.15) is 0 Å². The van der Waals surface area contributed by atoms with Gasteiger partial charge in [0.1, 0.15) is 11.5 Å². The molecule has 1 unspecified atom stereocenters. The Bertz CT molecular complexity index is 675. The number of carbonyl (C=O) groups is 1. The van der Waals surface area contributed by atoms with Crippen LogP contribution >= 0.6 is 0 Å². The van der Waals surface area contributed by atoms with E-state index < -0.39 is 18.2 Å². The summed E-state index contributed by atoms with van der Waals surface area (Å²) in [5, 5.41) is 26.8. The van der Waals surface area contributed by atoms with Crippen molar-refractivity contribution >= 4 is 6.09 Å². The zero-order chi connectivity index (χ0) is 23.0. The maximum atomic E-state index is 11.5. The molecule has 0 bridgehead atoms. The van der Waals surface area contributed by atoms with Crippen molar-refractivity contribution in [1.82, 2.24) is 10.6 Å². The van der Waals surface area contributed by atoms with Crippen LogP contribution in [0.15, 0.2) is 18.2 Å². The number of carboxylic acid groups (broad SMARTS) is 1. The molecule has 3 atom stereocenters. The second-order valence-electron chi connectivity index (χ2n) is 9.73. The lowest BCUT2D eigenvalue weighted by Gasteiger charge is -2.40. The Labute approximate surface area is 186 Å². The molecule has 7 nitrogen and oxygen atoms in total. The van der Waals surface area contributed by atoms with Gasteiger partial charge in [-0.1, -0.05) is 52.9 Å². The predicted molar refractivity (Wildman–Crippen MR) is 122 cm³/mol. The van der Waals surface area contributed by atoms with E-state index in [0.717, 1.165) is 18.4 Å². The number of hydrogen-bond donors (Lipinski definition) is 4. The van der Waals surface area contributed by atoms with Gasteiger partial charge in [-0.05, 0) is 35.4 Å². The first-order valence-electron chi connectivity index (χ1n) is 11.3. The second-order valence-corrected chi connectivity index (χ2v) is 9.73. The minimum Gasteiger partial charge on any atom is -0.497 e. The van der Waals surface area contributed by atoms with Crippen molar-refractivity contribution in [2.75, 3.05) is 14.2 Å². The molecule has 2 rings (SSSR count). The fourth-order valence-corrected chi connectivity index (χ4v) is 4.59. The molecule has 0 spiro atoms. The van der Waals surface area contributed by atoms with Crippen molar-refractivity contribution in [3.05, 3.63) is 23.8 Å². The number of hydrogen-bond acceptors (Lipinski definition) is 5. The van der Waals surface area contributed by atoms with E-state index in [-0.39, 0.29) is 11.5 Å². The number of benzene rings is 1. The van der Waals surface area contributed by atoms with Gasteiger partial charge < -0.3 is 30.3 Å². The first kappa shape index (κ1) is 25.3. The molecule has 0 aromatic heterocycles. The highest BCUT2D eigenvalue weighted by molar-refractivity contribution is 5.65. The summed E-state index contributed by atoms with van der Waals surface area (Å²) < 4.78 is 10.7. The zero-order valence-corrected chi connectivity index (χ0v) is 19.6. The normalized spacial score (nSPS) is 18.1. The van der Waals surface area contributed by atoms with Crippen molar-refractivity contribution < 1.29 is 24.5 Å². The molecular weight excluding hydrogens is 396 g/mol. The van der Waals surface area contributed by atoms with E-state index in [4.69, 9.17) is 9.47 Å². The third-order valence-electron chi connectivity index (χ3n) is 6.24. The van der Waals surface area contributed by atoms with E-state index in [1.165, 1.54) is 19.3 Å². The summed E-state index contributed by atoms with van der Waals surface area (Å²) in [6, 6.07) is 4.84. The smallest absolute Gasteiger partial charge is 0.404 e. The monoisotopic (exact) mass is 436 g/mol. The molecule has 1 aromatic carbocycles. The first-order chi connectivity index (χ1) is 14.6. The van der Waals surface area contributed by atoms with Crippen LogP contribution in [-0.4, -0.2) is 48.7 Å². The average molecular weight is 437 g/mol. The Kier molecular flexibility index (Phi) is 9.44. The molecule has 176 valence electrons. The van der Waals surface area contributed by atoms with Gasteiger partial charge in [0.2, 0.25) is 0 Å². The molecule has 1 fully saturated rings. The molecule has 31 heavy (non-hydrogen) atoms. The largest absolute Gasteiger partial charge is 0.497 e. The van der Waals surface area contributed by atoms with Gasteiger partial charge in [-0.25, -0.2) is 4.79 Å². The first-order valence-corrected chi connectivity index (χ1v) is 11.3. The minimum absolute atomic E-state index is 0.284. The Morgan fingerprint density at radius 3 is 2.16 bits per heavy atom. The molecule has 1 aliphatic carbocycles. The SMILES string of the molecule is COc1cc(CNC([C@H](O)[C@H](CC2CCCCC2)NC(=O)O)C(C)(C)C)cc(OC)c1. The van der Waals surface area contributed by atoms with Gasteiger partial charge in [0.05, 0.1) is 26.4 Å². The summed E-state index contributed by atoms with van der Waals surface area (Å²) in [5.41, 5.74) is 0.681. The zero-order valence-electron chi connectivity index (χ0n) is 19.6. The lowest BCUT2D eigenvalue weighted by atomic mass is 9.77. The summed E-state index contributed by atoms with van der Waals surface area (Å²) in [5.74, 6) is 1.85. The summed E-state index contributed by atoms with van der Waals surface area (Å²) in [4.78, 5) is 11.5. The van der Waals surface area contributed by atoms with Crippen LogP contribution in [0.2, 0.25) is 0 Å². The van der Waals surface area contributed by atoms with Crippen LogP contribution in [0.25, 0.3) is 0 Å². The molecule has 4 N–H and O–H groups in total. The molecule has 1 aromatic rings. The highest BCUT2D eigenvalue weighted by Gasteiger charge is 2.37. The molecule has 0 heterocycles. The second kappa shape index (κ2) is 11.6. The average Bonchev–Trinajstić information content (AvgIpc) is 2.72. The number of methoxy groups -OCH3 is 2. The molecule has 0 radical (unpaired) electrons. The third-order valence-corrected chi connectivity index (χ3v) is 6.24. The quantitative estimate of drug-likeness (QED) is 0.439. The standard InChI is InChI=1S/C24H40N2O5/c1-24(2,3)22(25-15-17-11-18(30-4)14-19(12-17)31-5)21(27)20(26-23(28)29)13-16-9-7-6-8-10-16/h11-12,14,16,20-22,25-27H,6-10,13,15H2,1-5H3,(H,28,29)/t20-,21+,22?/m0/s1. The van der Waals surface area contributed by atoms with E-state index >= 15 is 0 Å². The summed E-state index contributed by atoms with van der Waals surface area (Å²) in [6.07, 6.45) is 4.51. The van der Waals surface area contributed by atoms with Crippen molar-refractivity contribution in [2.24, 2.45) is 11.3 Å². The van der Waals surface area contributed by atoms with Crippen LogP contribution in [0.1, 0.15) is 64.9 Å². The topological polar surface area (TPSA) is 100 Å². The van der Waals surface area contributed by atoms with Gasteiger partial charge in [0.15, 0.2) is 0 Å². The van der Waals surface area contributed by atoms with Crippen LogP contribution in [0.3, 0.4) is 0 Å². The highest BCUT2D eigenvalue weighted by atomic mass is 16.5. The van der Waals surface area contributed by atoms with Crippen LogP contribution < -0.4 is 20.1 Å². The van der Waals surface area contributed by atoms with Gasteiger partial charge in [0, 0.05) is 18.7 Å². The molecule has 1 saturated carbocycles. The lowest BCUT2D eigenvalue weighted by Crippen LogP contribution is -2.57. The Balaban J connectivity index is 2.17. The number of aliphatic hydroxyl groups is 1. The van der Waals surface area contributed by atoms with Crippen LogP contribution in [0.5, 0.6) is 11.5 Å². The number of rotatable bonds is 10. The minimum atomic E-state index is -1.09. The number of ether oxygens (including phenoxy) is 2. The summed E-state index contributed by atoms with van der Waals surface area (Å²) >= 11 is 0. The Morgan fingerprint density at radius 1 is 1.10 bits per heavy atom. The van der Waals surface area contributed by atoms with E-state index in [1.807, 2.05) is 18.2 Å². The van der Waals surface area contributed by atoms with E-state index in [9.17, 15) is 15.0 Å². The summed E-state index contributed by atoms with van der Waals surface area (Å²) in [7, 11) is 3.22. The number of aliphatic hydroxyl groups excluding tert-OH is 1. The van der Waals surface area contributed by atoms with Gasteiger partial charge in [-0.15, -0.1) is 0 Å². The lowest BCUT2D eigenvalue weighted by molar-refractivity contribution is 0.0308. The maximum Gasteiger partial charge on any atom is 0.404 e. The fourth-order valence-electron chi connectivity index (χ4n) is 4.59. The fraction of sp³-hybridized carbons (Fsp3) is 0.708. The van der Waals surface area contributed by atoms with Gasteiger partial charge >= 0.3 is 6.09 Å². The number of nitrogens with one attached hydrogen (secondary N) is 2. The predicted octanol–water partition coefficient (Wildman–Crippen LogP) is 4.18. The maximum absolute atomic E-state index is 11.5. The van der Waals surface area contributed by atoms with Gasteiger partial charge in [0.25, 0.3) is 0 Å². The molecule has 1 amide bonds. The van der Waals surface area contributed by atoms with Crippen LogP contribution in [0.4, 0.5) is 4.79 Å². The molecule has 7 heteroatoms. The van der Waals surface area contributed by atoms with Crippen molar-refractivity contribution in [3.63, 3.8) is 0 Å².